The maximum absolute atomic E-state index is 13.7. The molecule has 0 saturated heterocycles. The van der Waals surface area contributed by atoms with Crippen molar-refractivity contribution in [2.45, 2.75) is 26.4 Å². The van der Waals surface area contributed by atoms with Crippen molar-refractivity contribution >= 4 is 17.3 Å². The lowest BCUT2D eigenvalue weighted by Crippen LogP contribution is -2.30. The Morgan fingerprint density at radius 1 is 1.32 bits per heavy atom. The molecule has 0 aliphatic carbocycles. The summed E-state index contributed by atoms with van der Waals surface area (Å²) in [5, 5.41) is 10.4. The topological polar surface area (TPSA) is 77.3 Å². The van der Waals surface area contributed by atoms with E-state index in [9.17, 15) is 24.1 Å². The summed E-state index contributed by atoms with van der Waals surface area (Å²) in [5.74, 6) is -2.25. The van der Waals surface area contributed by atoms with E-state index in [0.717, 1.165) is 24.3 Å². The summed E-state index contributed by atoms with van der Waals surface area (Å²) in [6.07, 6.45) is -1.76. The number of nitrogens with zero attached hydrogens (tertiary/aromatic N) is 1. The van der Waals surface area contributed by atoms with Crippen molar-refractivity contribution in [3.8, 4) is 0 Å². The summed E-state index contributed by atoms with van der Waals surface area (Å²) in [6.45, 7) is 3.28. The Morgan fingerprint density at radius 3 is 2.26 bits per heavy atom. The number of hydrogen-bond donors (Lipinski definition) is 0. The Hall–Kier alpha value is -2.11. The van der Waals surface area contributed by atoms with Gasteiger partial charge in [0.05, 0.1) is 4.92 Å². The molecule has 0 aliphatic rings. The Morgan fingerprint density at radius 2 is 1.84 bits per heavy atom. The number of halogens is 1. The summed E-state index contributed by atoms with van der Waals surface area (Å²) in [7, 11) is 0. The first-order valence-electron chi connectivity index (χ1n) is 5.85. The maximum Gasteiger partial charge on any atom is 0.269 e. The molecule has 0 aliphatic heterocycles. The van der Waals surface area contributed by atoms with Crippen molar-refractivity contribution in [2.24, 2.45) is 5.92 Å². The summed E-state index contributed by atoms with van der Waals surface area (Å²) in [5.41, 5.74) is -0.241. The van der Waals surface area contributed by atoms with Crippen LogP contribution in [0.1, 0.15) is 30.6 Å². The average molecular weight is 267 g/mol. The van der Waals surface area contributed by atoms with Crippen molar-refractivity contribution in [3.63, 3.8) is 0 Å². The molecule has 0 spiro atoms. The van der Waals surface area contributed by atoms with Gasteiger partial charge in [-0.3, -0.25) is 19.7 Å². The number of ketones is 2. The van der Waals surface area contributed by atoms with Gasteiger partial charge in [-0.2, -0.15) is 0 Å². The molecule has 0 fully saturated rings. The highest BCUT2D eigenvalue weighted by Crippen LogP contribution is 2.17. The number of alkyl halides is 1. The predicted octanol–water partition coefficient (Wildman–Crippen LogP) is 2.73. The first kappa shape index (κ1) is 14.9. The molecule has 2 atom stereocenters. The van der Waals surface area contributed by atoms with E-state index in [1.54, 1.807) is 13.8 Å². The molecule has 1 aromatic carbocycles. The number of carbonyl (C=O) groups excluding carboxylic acids is 2. The van der Waals surface area contributed by atoms with E-state index in [4.69, 9.17) is 0 Å². The van der Waals surface area contributed by atoms with Crippen LogP contribution in [0.4, 0.5) is 10.1 Å². The highest BCUT2D eigenvalue weighted by molar-refractivity contribution is 6.13. The van der Waals surface area contributed by atoms with Crippen LogP contribution in [0.15, 0.2) is 24.3 Å². The number of nitro benzene ring substituents is 1. The first-order valence-corrected chi connectivity index (χ1v) is 5.85. The SMILES string of the molecule is CCC(C)C(=O)C(F)C(=O)c1ccc([N+](=O)[O-])cc1. The third-order valence-corrected chi connectivity index (χ3v) is 2.94. The van der Waals surface area contributed by atoms with Crippen LogP contribution in [0.3, 0.4) is 0 Å². The highest BCUT2D eigenvalue weighted by Gasteiger charge is 2.30. The molecular formula is C13H14FNO4. The lowest BCUT2D eigenvalue weighted by molar-refractivity contribution is -0.384. The van der Waals surface area contributed by atoms with E-state index in [-0.39, 0.29) is 11.3 Å². The molecule has 0 saturated carbocycles. The Balaban J connectivity index is 2.88. The molecule has 2 unspecified atom stereocenters. The zero-order valence-corrected chi connectivity index (χ0v) is 10.6. The standard InChI is InChI=1S/C13H14FNO4/c1-3-8(2)12(16)11(14)13(17)9-4-6-10(7-5-9)15(18)19/h4-8,11H,3H2,1-2H3. The van der Waals surface area contributed by atoms with E-state index in [2.05, 4.69) is 0 Å². The van der Waals surface area contributed by atoms with E-state index >= 15 is 0 Å². The Bertz CT molecular complexity index is 498. The molecule has 19 heavy (non-hydrogen) atoms. The third-order valence-electron chi connectivity index (χ3n) is 2.94. The number of carbonyl (C=O) groups is 2. The predicted molar refractivity (Wildman–Crippen MR) is 66.8 cm³/mol. The number of rotatable bonds is 6. The zero-order chi connectivity index (χ0) is 14.6. The molecule has 1 rings (SSSR count). The fourth-order valence-electron chi connectivity index (χ4n) is 1.47. The lowest BCUT2D eigenvalue weighted by atomic mass is 9.95. The van der Waals surface area contributed by atoms with E-state index in [1.807, 2.05) is 0 Å². The molecule has 102 valence electrons. The smallest absolute Gasteiger partial charge is 0.269 e. The van der Waals surface area contributed by atoms with Crippen LogP contribution in [0.25, 0.3) is 0 Å². The minimum absolute atomic E-state index is 0.0465. The minimum Gasteiger partial charge on any atom is -0.296 e. The van der Waals surface area contributed by atoms with Crippen LogP contribution in [-0.2, 0) is 4.79 Å². The Labute approximate surface area is 109 Å². The van der Waals surface area contributed by atoms with Crippen LogP contribution in [0.2, 0.25) is 0 Å². The van der Waals surface area contributed by atoms with Gasteiger partial charge in [0, 0.05) is 23.6 Å². The fraction of sp³-hybridized carbons (Fsp3) is 0.385. The van der Waals surface area contributed by atoms with E-state index in [0.29, 0.717) is 6.42 Å². The van der Waals surface area contributed by atoms with Crippen LogP contribution < -0.4 is 0 Å². The first-order chi connectivity index (χ1) is 8.88. The highest BCUT2D eigenvalue weighted by atomic mass is 19.1. The molecular weight excluding hydrogens is 253 g/mol. The number of benzene rings is 1. The fourth-order valence-corrected chi connectivity index (χ4v) is 1.47. The van der Waals surface area contributed by atoms with Crippen LogP contribution >= 0.6 is 0 Å². The van der Waals surface area contributed by atoms with Gasteiger partial charge in [0.15, 0.2) is 5.78 Å². The number of nitro groups is 1. The molecule has 0 aromatic heterocycles. The zero-order valence-electron chi connectivity index (χ0n) is 10.6. The second-order valence-corrected chi connectivity index (χ2v) is 4.24. The molecule has 0 radical (unpaired) electrons. The number of Topliss-reactive ketones (excluding diaryl/α,β-unsaturated/α-hetero) is 2. The van der Waals surface area contributed by atoms with Crippen molar-refractivity contribution < 1.29 is 18.9 Å². The molecule has 0 N–H and O–H groups in total. The quantitative estimate of drug-likeness (QED) is 0.343. The summed E-state index contributed by atoms with van der Waals surface area (Å²) in [4.78, 5) is 33.1. The largest absolute Gasteiger partial charge is 0.296 e. The molecule has 1 aromatic rings. The van der Waals surface area contributed by atoms with Gasteiger partial charge in [0.1, 0.15) is 0 Å². The third kappa shape index (κ3) is 3.43. The summed E-state index contributed by atoms with van der Waals surface area (Å²) < 4.78 is 13.7. The maximum atomic E-state index is 13.7. The second kappa shape index (κ2) is 6.17. The van der Waals surface area contributed by atoms with Crippen molar-refractivity contribution in [3.05, 3.63) is 39.9 Å². The van der Waals surface area contributed by atoms with E-state index in [1.165, 1.54) is 0 Å². The lowest BCUT2D eigenvalue weighted by Gasteiger charge is -2.11. The van der Waals surface area contributed by atoms with Crippen molar-refractivity contribution in [2.75, 3.05) is 0 Å². The van der Waals surface area contributed by atoms with Gasteiger partial charge in [-0.05, 0) is 18.6 Å². The van der Waals surface area contributed by atoms with Gasteiger partial charge in [-0.25, -0.2) is 4.39 Å². The molecule has 0 bridgehead atoms. The van der Waals surface area contributed by atoms with Gasteiger partial charge in [-0.1, -0.05) is 13.8 Å². The van der Waals surface area contributed by atoms with Crippen molar-refractivity contribution in [1.29, 1.82) is 0 Å². The summed E-state index contributed by atoms with van der Waals surface area (Å²) >= 11 is 0. The Kier molecular flexibility index (Phi) is 4.86. The minimum atomic E-state index is -2.21. The normalized spacial score (nSPS) is 13.6. The van der Waals surface area contributed by atoms with Crippen LogP contribution in [0.5, 0.6) is 0 Å². The second-order valence-electron chi connectivity index (χ2n) is 4.24. The van der Waals surface area contributed by atoms with Crippen LogP contribution in [-0.4, -0.2) is 22.7 Å². The monoisotopic (exact) mass is 267 g/mol. The van der Waals surface area contributed by atoms with E-state index < -0.39 is 28.6 Å². The van der Waals surface area contributed by atoms with Crippen LogP contribution in [0, 0.1) is 16.0 Å². The number of non-ortho nitro benzene ring substituents is 1. The number of hydrogen-bond acceptors (Lipinski definition) is 4. The van der Waals surface area contributed by atoms with Gasteiger partial charge in [0.2, 0.25) is 12.0 Å². The molecule has 5 nitrogen and oxygen atoms in total. The van der Waals surface area contributed by atoms with Gasteiger partial charge in [-0.15, -0.1) is 0 Å². The summed E-state index contributed by atoms with van der Waals surface area (Å²) in [6, 6.07) is 4.51. The average Bonchev–Trinajstić information content (AvgIpc) is 2.44. The molecule has 0 heterocycles. The van der Waals surface area contributed by atoms with Gasteiger partial charge < -0.3 is 0 Å². The van der Waals surface area contributed by atoms with Crippen molar-refractivity contribution in [1.82, 2.24) is 0 Å². The van der Waals surface area contributed by atoms with Gasteiger partial charge >= 0.3 is 0 Å². The van der Waals surface area contributed by atoms with Gasteiger partial charge in [0.25, 0.3) is 5.69 Å². The molecule has 0 amide bonds. The molecule has 6 heteroatoms.